The van der Waals surface area contributed by atoms with Gasteiger partial charge in [-0.2, -0.15) is 9.61 Å². The summed E-state index contributed by atoms with van der Waals surface area (Å²) in [4.78, 5) is 4.77. The lowest BCUT2D eigenvalue weighted by Gasteiger charge is -2.22. The fourth-order valence-electron chi connectivity index (χ4n) is 2.70. The lowest BCUT2D eigenvalue weighted by Crippen LogP contribution is -2.29. The Morgan fingerprint density at radius 3 is 2.80 bits per heavy atom. The zero-order valence-electron chi connectivity index (χ0n) is 12.5. The molecule has 0 aromatic carbocycles. The molecule has 2 aromatic rings. The van der Waals surface area contributed by atoms with Gasteiger partial charge in [0.15, 0.2) is 5.65 Å². The first kappa shape index (κ1) is 13.4. The molecule has 0 aliphatic carbocycles. The van der Waals surface area contributed by atoms with Crippen LogP contribution in [-0.2, 0) is 5.41 Å². The zero-order chi connectivity index (χ0) is 14.3. The van der Waals surface area contributed by atoms with Gasteiger partial charge >= 0.3 is 0 Å². The first-order valence-corrected chi connectivity index (χ1v) is 7.32. The van der Waals surface area contributed by atoms with Crippen molar-refractivity contribution >= 4 is 11.5 Å². The van der Waals surface area contributed by atoms with E-state index in [1.807, 2.05) is 6.07 Å². The third-order valence-corrected chi connectivity index (χ3v) is 3.96. The molecule has 1 saturated heterocycles. The van der Waals surface area contributed by atoms with Gasteiger partial charge in [-0.25, -0.2) is 4.98 Å². The molecule has 1 unspecified atom stereocenters. The Kier molecular flexibility index (Phi) is 3.17. The molecule has 0 radical (unpaired) electrons. The van der Waals surface area contributed by atoms with Crippen LogP contribution in [0.25, 0.3) is 5.65 Å². The van der Waals surface area contributed by atoms with E-state index in [4.69, 9.17) is 10.7 Å². The summed E-state index contributed by atoms with van der Waals surface area (Å²) in [5, 5.41) is 8.01. The van der Waals surface area contributed by atoms with Crippen molar-refractivity contribution in [3.05, 3.63) is 23.5 Å². The van der Waals surface area contributed by atoms with Gasteiger partial charge in [0.05, 0.1) is 11.4 Å². The van der Waals surface area contributed by atoms with Gasteiger partial charge in [0.1, 0.15) is 5.82 Å². The topological polar surface area (TPSA) is 68.2 Å². The van der Waals surface area contributed by atoms with Gasteiger partial charge in [0, 0.05) is 30.0 Å². The molecule has 3 N–H and O–H groups in total. The molecule has 20 heavy (non-hydrogen) atoms. The molecule has 108 valence electrons. The molecule has 3 rings (SSSR count). The van der Waals surface area contributed by atoms with Crippen molar-refractivity contribution in [1.82, 2.24) is 19.9 Å². The van der Waals surface area contributed by atoms with Gasteiger partial charge in [-0.15, -0.1) is 0 Å². The highest BCUT2D eigenvalue weighted by Crippen LogP contribution is 2.26. The van der Waals surface area contributed by atoms with Crippen molar-refractivity contribution in [3.8, 4) is 0 Å². The summed E-state index contributed by atoms with van der Waals surface area (Å²) >= 11 is 0. The largest absolute Gasteiger partial charge is 0.384 e. The number of piperidine rings is 1. The number of nitrogens with one attached hydrogen (secondary N) is 1. The SMILES string of the molecule is CC(C)(C)c1cc2nc(C3CCCNC3)cc(N)n2n1. The third kappa shape index (κ3) is 2.38. The Morgan fingerprint density at radius 2 is 2.15 bits per heavy atom. The molecular formula is C15H23N5. The maximum atomic E-state index is 6.16. The van der Waals surface area contributed by atoms with Crippen molar-refractivity contribution in [2.75, 3.05) is 18.8 Å². The summed E-state index contributed by atoms with van der Waals surface area (Å²) in [5.74, 6) is 1.13. The van der Waals surface area contributed by atoms with Crippen LogP contribution in [-0.4, -0.2) is 27.7 Å². The number of nitrogen functional groups attached to an aromatic ring is 1. The first-order valence-electron chi connectivity index (χ1n) is 7.32. The number of hydrogen-bond donors (Lipinski definition) is 2. The molecule has 0 bridgehead atoms. The van der Waals surface area contributed by atoms with Crippen LogP contribution in [0.4, 0.5) is 5.82 Å². The number of nitrogens with zero attached hydrogens (tertiary/aromatic N) is 3. The molecular weight excluding hydrogens is 250 g/mol. The quantitative estimate of drug-likeness (QED) is 0.834. The van der Waals surface area contributed by atoms with Crippen LogP contribution in [0.2, 0.25) is 0 Å². The number of aromatic nitrogens is 3. The monoisotopic (exact) mass is 273 g/mol. The Labute approximate surface area is 119 Å². The summed E-state index contributed by atoms with van der Waals surface area (Å²) in [7, 11) is 0. The molecule has 1 fully saturated rings. The summed E-state index contributed by atoms with van der Waals surface area (Å²) in [6.07, 6.45) is 2.37. The molecule has 0 amide bonds. The van der Waals surface area contributed by atoms with Crippen LogP contribution in [0, 0.1) is 0 Å². The van der Waals surface area contributed by atoms with Crippen LogP contribution >= 0.6 is 0 Å². The molecule has 3 heterocycles. The van der Waals surface area contributed by atoms with Crippen molar-refractivity contribution in [1.29, 1.82) is 0 Å². The van der Waals surface area contributed by atoms with E-state index < -0.39 is 0 Å². The van der Waals surface area contributed by atoms with Crippen LogP contribution < -0.4 is 11.1 Å². The molecule has 5 nitrogen and oxygen atoms in total. The first-order chi connectivity index (χ1) is 9.45. The smallest absolute Gasteiger partial charge is 0.157 e. The minimum atomic E-state index is 0.00664. The fourth-order valence-corrected chi connectivity index (χ4v) is 2.70. The predicted octanol–water partition coefficient (Wildman–Crippen LogP) is 2.08. The molecule has 2 aromatic heterocycles. The second kappa shape index (κ2) is 4.74. The second-order valence-corrected chi connectivity index (χ2v) is 6.70. The average Bonchev–Trinajstić information content (AvgIpc) is 2.84. The van der Waals surface area contributed by atoms with Crippen LogP contribution in [0.5, 0.6) is 0 Å². The van der Waals surface area contributed by atoms with Crippen molar-refractivity contribution in [2.45, 2.75) is 44.9 Å². The number of anilines is 1. The van der Waals surface area contributed by atoms with E-state index in [1.165, 1.54) is 12.8 Å². The molecule has 1 atom stereocenters. The van der Waals surface area contributed by atoms with E-state index >= 15 is 0 Å². The van der Waals surface area contributed by atoms with Gasteiger partial charge < -0.3 is 11.1 Å². The lowest BCUT2D eigenvalue weighted by atomic mass is 9.92. The van der Waals surface area contributed by atoms with E-state index in [9.17, 15) is 0 Å². The highest BCUT2D eigenvalue weighted by atomic mass is 15.3. The summed E-state index contributed by atoms with van der Waals surface area (Å²) < 4.78 is 1.75. The van der Waals surface area contributed by atoms with E-state index in [0.29, 0.717) is 11.7 Å². The molecule has 1 aliphatic rings. The second-order valence-electron chi connectivity index (χ2n) is 6.70. The number of nitrogens with two attached hydrogens (primary N) is 1. The van der Waals surface area contributed by atoms with Crippen LogP contribution in [0.3, 0.4) is 0 Å². The lowest BCUT2D eigenvalue weighted by molar-refractivity contribution is 0.455. The maximum Gasteiger partial charge on any atom is 0.157 e. The maximum absolute atomic E-state index is 6.16. The Bertz CT molecular complexity index is 617. The normalized spacial score (nSPS) is 20.4. The van der Waals surface area contributed by atoms with Crippen molar-refractivity contribution < 1.29 is 0 Å². The summed E-state index contributed by atoms with van der Waals surface area (Å²) in [6.45, 7) is 8.54. The molecule has 0 saturated carbocycles. The number of hydrogen-bond acceptors (Lipinski definition) is 4. The van der Waals surface area contributed by atoms with E-state index in [2.05, 4.69) is 37.3 Å². The fraction of sp³-hybridized carbons (Fsp3) is 0.600. The van der Waals surface area contributed by atoms with E-state index in [-0.39, 0.29) is 5.41 Å². The van der Waals surface area contributed by atoms with Gasteiger partial charge in [0.25, 0.3) is 0 Å². The Morgan fingerprint density at radius 1 is 1.35 bits per heavy atom. The van der Waals surface area contributed by atoms with Gasteiger partial charge in [-0.3, -0.25) is 0 Å². The minimum Gasteiger partial charge on any atom is -0.384 e. The Hall–Kier alpha value is -1.62. The van der Waals surface area contributed by atoms with E-state index in [0.717, 1.165) is 30.1 Å². The number of fused-ring (bicyclic) bond motifs is 1. The van der Waals surface area contributed by atoms with Crippen molar-refractivity contribution in [3.63, 3.8) is 0 Å². The van der Waals surface area contributed by atoms with Gasteiger partial charge in [-0.05, 0) is 19.4 Å². The number of rotatable bonds is 1. The predicted molar refractivity (Wildman–Crippen MR) is 80.9 cm³/mol. The molecule has 0 spiro atoms. The van der Waals surface area contributed by atoms with Crippen LogP contribution in [0.1, 0.15) is 50.9 Å². The standard InChI is InChI=1S/C15H23N5/c1-15(2,3)12-8-14-18-11(7-13(16)20(14)19-12)10-5-4-6-17-9-10/h7-8,10,17H,4-6,9,16H2,1-3H3. The van der Waals surface area contributed by atoms with Gasteiger partial charge in [0.2, 0.25) is 0 Å². The zero-order valence-corrected chi connectivity index (χ0v) is 12.5. The van der Waals surface area contributed by atoms with Gasteiger partial charge in [-0.1, -0.05) is 20.8 Å². The van der Waals surface area contributed by atoms with Crippen LogP contribution in [0.15, 0.2) is 12.1 Å². The molecule has 1 aliphatic heterocycles. The highest BCUT2D eigenvalue weighted by Gasteiger charge is 2.21. The minimum absolute atomic E-state index is 0.00664. The highest BCUT2D eigenvalue weighted by molar-refractivity contribution is 5.49. The summed E-state index contributed by atoms with van der Waals surface area (Å²) in [6, 6.07) is 4.03. The van der Waals surface area contributed by atoms with E-state index in [1.54, 1.807) is 4.52 Å². The third-order valence-electron chi connectivity index (χ3n) is 3.96. The molecule has 5 heteroatoms. The average molecular weight is 273 g/mol. The van der Waals surface area contributed by atoms with Crippen molar-refractivity contribution in [2.24, 2.45) is 0 Å². The summed E-state index contributed by atoms with van der Waals surface area (Å²) in [5.41, 5.74) is 9.13. The Balaban J connectivity index is 2.04.